The first-order valence-corrected chi connectivity index (χ1v) is 7.88. The summed E-state index contributed by atoms with van der Waals surface area (Å²) in [6.45, 7) is 8.94. The van der Waals surface area contributed by atoms with E-state index in [1.54, 1.807) is 14.2 Å². The number of ether oxygens (including phenoxy) is 2. The molecule has 2 atom stereocenters. The van der Waals surface area contributed by atoms with Crippen LogP contribution in [0.2, 0.25) is 0 Å². The summed E-state index contributed by atoms with van der Waals surface area (Å²) < 4.78 is 10.8. The first kappa shape index (κ1) is 16.1. The minimum Gasteiger partial charge on any atom is -0.493 e. The van der Waals surface area contributed by atoms with Gasteiger partial charge in [0.1, 0.15) is 0 Å². The third-order valence-corrected chi connectivity index (χ3v) is 4.48. The molecule has 1 aliphatic heterocycles. The number of piperazine rings is 1. The van der Waals surface area contributed by atoms with Gasteiger partial charge in [-0.2, -0.15) is 0 Å². The van der Waals surface area contributed by atoms with Crippen LogP contribution in [0.1, 0.15) is 31.9 Å². The second kappa shape index (κ2) is 7.66. The highest BCUT2D eigenvalue weighted by atomic mass is 16.5. The summed E-state index contributed by atoms with van der Waals surface area (Å²) in [5.41, 5.74) is 1.32. The lowest BCUT2D eigenvalue weighted by atomic mass is 9.90. The summed E-state index contributed by atoms with van der Waals surface area (Å²) >= 11 is 0. The van der Waals surface area contributed by atoms with Gasteiger partial charge in [-0.25, -0.2) is 0 Å². The van der Waals surface area contributed by atoms with E-state index in [1.165, 1.54) is 12.0 Å². The van der Waals surface area contributed by atoms with Crippen LogP contribution in [0.4, 0.5) is 0 Å². The molecule has 1 aromatic rings. The van der Waals surface area contributed by atoms with E-state index in [0.29, 0.717) is 12.0 Å². The van der Waals surface area contributed by atoms with E-state index in [4.69, 9.17) is 9.47 Å². The second-order valence-electron chi connectivity index (χ2n) is 5.73. The first-order chi connectivity index (χ1) is 10.2. The lowest BCUT2D eigenvalue weighted by Gasteiger charge is -2.38. The summed E-state index contributed by atoms with van der Waals surface area (Å²) in [4.78, 5) is 2.59. The highest BCUT2D eigenvalue weighted by Crippen LogP contribution is 2.36. The Balaban J connectivity index is 2.31. The molecule has 0 aliphatic carbocycles. The quantitative estimate of drug-likeness (QED) is 0.874. The van der Waals surface area contributed by atoms with Gasteiger partial charge >= 0.3 is 0 Å². The number of rotatable bonds is 6. The smallest absolute Gasteiger partial charge is 0.161 e. The van der Waals surface area contributed by atoms with E-state index in [1.807, 2.05) is 6.07 Å². The number of nitrogens with zero attached hydrogens (tertiary/aromatic N) is 1. The summed E-state index contributed by atoms with van der Waals surface area (Å²) in [6.07, 6.45) is 1.17. The van der Waals surface area contributed by atoms with Gasteiger partial charge in [-0.15, -0.1) is 0 Å². The fraction of sp³-hybridized carbons (Fsp3) is 0.647. The Morgan fingerprint density at radius 1 is 1.14 bits per heavy atom. The number of methoxy groups -OCH3 is 2. The van der Waals surface area contributed by atoms with Gasteiger partial charge in [0.2, 0.25) is 0 Å². The summed E-state index contributed by atoms with van der Waals surface area (Å²) in [5, 5.41) is 3.43. The lowest BCUT2D eigenvalue weighted by molar-refractivity contribution is 0.128. The average Bonchev–Trinajstić information content (AvgIpc) is 2.55. The Bertz CT molecular complexity index is 444. The van der Waals surface area contributed by atoms with Gasteiger partial charge in [-0.05, 0) is 23.6 Å². The van der Waals surface area contributed by atoms with Gasteiger partial charge < -0.3 is 14.8 Å². The fourth-order valence-electron chi connectivity index (χ4n) is 3.12. The minimum absolute atomic E-state index is 0.442. The zero-order valence-electron chi connectivity index (χ0n) is 13.7. The zero-order valence-corrected chi connectivity index (χ0v) is 13.7. The van der Waals surface area contributed by atoms with Crippen LogP contribution in [0.3, 0.4) is 0 Å². The zero-order chi connectivity index (χ0) is 15.2. The Hall–Kier alpha value is -1.26. The second-order valence-corrected chi connectivity index (χ2v) is 5.73. The summed E-state index contributed by atoms with van der Waals surface area (Å²) in [5.74, 6) is 2.23. The molecule has 1 aliphatic rings. The Morgan fingerprint density at radius 3 is 2.38 bits per heavy atom. The highest BCUT2D eigenvalue weighted by molar-refractivity contribution is 5.44. The molecule has 4 nitrogen and oxygen atoms in total. The maximum absolute atomic E-state index is 5.47. The van der Waals surface area contributed by atoms with Crippen molar-refractivity contribution in [2.75, 3.05) is 40.4 Å². The monoisotopic (exact) mass is 292 g/mol. The predicted octanol–water partition coefficient (Wildman–Crippen LogP) is 2.70. The maximum atomic E-state index is 5.47. The molecule has 0 aromatic heterocycles. The number of hydrogen-bond acceptors (Lipinski definition) is 4. The summed E-state index contributed by atoms with van der Waals surface area (Å²) in [7, 11) is 3.38. The predicted molar refractivity (Wildman–Crippen MR) is 86.2 cm³/mol. The molecule has 0 radical (unpaired) electrons. The van der Waals surface area contributed by atoms with E-state index in [2.05, 4.69) is 36.2 Å². The summed E-state index contributed by atoms with van der Waals surface area (Å²) in [6, 6.07) is 6.78. The molecule has 4 heteroatoms. The van der Waals surface area contributed by atoms with Gasteiger partial charge in [0.05, 0.1) is 14.2 Å². The molecule has 0 spiro atoms. The van der Waals surface area contributed by atoms with Crippen molar-refractivity contribution in [3.8, 4) is 11.5 Å². The molecule has 118 valence electrons. The molecule has 2 rings (SSSR count). The molecule has 1 heterocycles. The van der Waals surface area contributed by atoms with Crippen molar-refractivity contribution in [2.45, 2.75) is 26.3 Å². The maximum Gasteiger partial charge on any atom is 0.161 e. The van der Waals surface area contributed by atoms with Crippen molar-refractivity contribution < 1.29 is 9.47 Å². The van der Waals surface area contributed by atoms with Crippen molar-refractivity contribution in [3.05, 3.63) is 23.8 Å². The highest BCUT2D eigenvalue weighted by Gasteiger charge is 2.27. The van der Waals surface area contributed by atoms with Crippen LogP contribution < -0.4 is 14.8 Å². The topological polar surface area (TPSA) is 33.7 Å². The molecule has 21 heavy (non-hydrogen) atoms. The molecular weight excluding hydrogens is 264 g/mol. The molecule has 1 saturated heterocycles. The van der Waals surface area contributed by atoms with Crippen LogP contribution in [0.15, 0.2) is 18.2 Å². The lowest BCUT2D eigenvalue weighted by Crippen LogP contribution is -2.46. The van der Waals surface area contributed by atoms with Crippen molar-refractivity contribution in [1.82, 2.24) is 10.2 Å². The molecule has 1 N–H and O–H groups in total. The molecular formula is C17H28N2O2. The molecule has 1 unspecified atom stereocenters. The van der Waals surface area contributed by atoms with Crippen molar-refractivity contribution in [1.29, 1.82) is 0 Å². The van der Waals surface area contributed by atoms with E-state index in [-0.39, 0.29) is 0 Å². The number of nitrogens with one attached hydrogen (secondary N) is 1. The molecule has 1 fully saturated rings. The Morgan fingerprint density at radius 2 is 1.81 bits per heavy atom. The van der Waals surface area contributed by atoms with Crippen LogP contribution in [0.25, 0.3) is 0 Å². The first-order valence-electron chi connectivity index (χ1n) is 7.88. The SMILES string of the molecule is CCC(C)[C@@H](c1ccc(OC)c(OC)c1)N1CCNCC1. The van der Waals surface area contributed by atoms with Crippen LogP contribution in [-0.2, 0) is 0 Å². The Labute approximate surface area is 128 Å². The van der Waals surface area contributed by atoms with Crippen LogP contribution >= 0.6 is 0 Å². The standard InChI is InChI=1S/C17H28N2O2/c1-5-13(2)17(19-10-8-18-9-11-19)14-6-7-15(20-3)16(12-14)21-4/h6-7,12-13,17-18H,5,8-11H2,1-4H3/t13?,17-/m0/s1. The minimum atomic E-state index is 0.442. The molecule has 0 bridgehead atoms. The van der Waals surface area contributed by atoms with Gasteiger partial charge in [-0.1, -0.05) is 26.3 Å². The van der Waals surface area contributed by atoms with E-state index >= 15 is 0 Å². The largest absolute Gasteiger partial charge is 0.493 e. The van der Waals surface area contributed by atoms with Gasteiger partial charge in [-0.3, -0.25) is 4.90 Å². The normalized spacial score (nSPS) is 19.0. The van der Waals surface area contributed by atoms with Crippen molar-refractivity contribution >= 4 is 0 Å². The number of hydrogen-bond donors (Lipinski definition) is 1. The van der Waals surface area contributed by atoms with E-state index in [0.717, 1.165) is 37.7 Å². The third-order valence-electron chi connectivity index (χ3n) is 4.48. The van der Waals surface area contributed by atoms with Crippen molar-refractivity contribution in [3.63, 3.8) is 0 Å². The van der Waals surface area contributed by atoms with Gasteiger partial charge in [0.15, 0.2) is 11.5 Å². The molecule has 1 aromatic carbocycles. The van der Waals surface area contributed by atoms with Gasteiger partial charge in [0.25, 0.3) is 0 Å². The molecule has 0 saturated carbocycles. The van der Waals surface area contributed by atoms with Gasteiger partial charge in [0, 0.05) is 32.2 Å². The van der Waals surface area contributed by atoms with Crippen LogP contribution in [0, 0.1) is 5.92 Å². The fourth-order valence-corrected chi connectivity index (χ4v) is 3.12. The third kappa shape index (κ3) is 3.69. The average molecular weight is 292 g/mol. The van der Waals surface area contributed by atoms with E-state index < -0.39 is 0 Å². The van der Waals surface area contributed by atoms with Crippen LogP contribution in [0.5, 0.6) is 11.5 Å². The van der Waals surface area contributed by atoms with Crippen molar-refractivity contribution in [2.24, 2.45) is 5.92 Å². The molecule has 0 amide bonds. The van der Waals surface area contributed by atoms with E-state index in [9.17, 15) is 0 Å². The number of benzene rings is 1. The van der Waals surface area contributed by atoms with Crippen LogP contribution in [-0.4, -0.2) is 45.3 Å². The Kier molecular flexibility index (Phi) is 5.88.